The van der Waals surface area contributed by atoms with Crippen LogP contribution < -0.4 is 4.74 Å². The summed E-state index contributed by atoms with van der Waals surface area (Å²) in [4.78, 5) is 12.7. The number of ether oxygens (including phenoxy) is 3. The number of halogens is 1. The Morgan fingerprint density at radius 2 is 1.94 bits per heavy atom. The second-order valence-electron chi connectivity index (χ2n) is 8.84. The molecule has 3 aromatic rings. The van der Waals surface area contributed by atoms with Crippen molar-refractivity contribution in [1.82, 2.24) is 5.16 Å². The molecule has 176 valence electrons. The van der Waals surface area contributed by atoms with Crippen LogP contribution in [-0.2, 0) is 14.3 Å². The van der Waals surface area contributed by atoms with Gasteiger partial charge in [-0.3, -0.25) is 4.79 Å². The molecule has 0 saturated heterocycles. The molecule has 2 aromatic carbocycles. The lowest BCUT2D eigenvalue weighted by Crippen LogP contribution is -2.34. The Hall–Kier alpha value is -3.45. The van der Waals surface area contributed by atoms with Crippen LogP contribution in [0, 0.1) is 18.7 Å². The van der Waals surface area contributed by atoms with Gasteiger partial charge in [-0.2, -0.15) is 0 Å². The van der Waals surface area contributed by atoms with Gasteiger partial charge in [0.05, 0.1) is 38.0 Å². The number of carbonyl (C=O) groups is 1. The van der Waals surface area contributed by atoms with Gasteiger partial charge in [0, 0.05) is 17.0 Å². The quantitative estimate of drug-likeness (QED) is 0.477. The maximum atomic E-state index is 13.7. The van der Waals surface area contributed by atoms with E-state index in [0.29, 0.717) is 19.4 Å². The molecule has 0 radical (unpaired) electrons. The normalized spacial score (nSPS) is 23.8. The largest absolute Gasteiger partial charge is 0.496 e. The van der Waals surface area contributed by atoms with Crippen molar-refractivity contribution in [2.24, 2.45) is 5.92 Å². The van der Waals surface area contributed by atoms with Gasteiger partial charge in [-0.05, 0) is 66.8 Å². The van der Waals surface area contributed by atoms with E-state index in [2.05, 4.69) is 11.2 Å². The van der Waals surface area contributed by atoms with E-state index in [4.69, 9.17) is 18.7 Å². The molecule has 0 amide bonds. The molecular weight excluding hydrogens is 437 g/mol. The maximum Gasteiger partial charge on any atom is 0.309 e. The first-order chi connectivity index (χ1) is 16.5. The van der Waals surface area contributed by atoms with Gasteiger partial charge in [-0.25, -0.2) is 4.39 Å². The van der Waals surface area contributed by atoms with Gasteiger partial charge in [-0.15, -0.1) is 0 Å². The number of methoxy groups -OCH3 is 2. The van der Waals surface area contributed by atoms with Gasteiger partial charge < -0.3 is 18.7 Å². The molecule has 1 spiro atoms. The number of aromatic nitrogens is 1. The number of rotatable bonds is 5. The van der Waals surface area contributed by atoms with E-state index in [-0.39, 0.29) is 23.6 Å². The minimum atomic E-state index is -0.694. The van der Waals surface area contributed by atoms with Crippen molar-refractivity contribution in [2.75, 3.05) is 20.8 Å². The average Bonchev–Trinajstić information content (AvgIpc) is 3.58. The minimum absolute atomic E-state index is 0.279. The number of hydrogen-bond acceptors (Lipinski definition) is 6. The van der Waals surface area contributed by atoms with Crippen LogP contribution in [0.4, 0.5) is 4.39 Å². The highest BCUT2D eigenvalue weighted by molar-refractivity contribution is 5.80. The summed E-state index contributed by atoms with van der Waals surface area (Å²) in [6.45, 7) is 2.27. The van der Waals surface area contributed by atoms with Crippen molar-refractivity contribution < 1.29 is 27.9 Å². The zero-order chi connectivity index (χ0) is 23.9. The summed E-state index contributed by atoms with van der Waals surface area (Å²) < 4.78 is 36.0. The lowest BCUT2D eigenvalue weighted by atomic mass is 9.79. The molecule has 5 rings (SSSR count). The van der Waals surface area contributed by atoms with Gasteiger partial charge >= 0.3 is 5.97 Å². The third-order valence-corrected chi connectivity index (χ3v) is 7.03. The number of benzene rings is 2. The fraction of sp³-hybridized carbons (Fsp3) is 0.333. The Labute approximate surface area is 197 Å². The van der Waals surface area contributed by atoms with Crippen LogP contribution in [0.2, 0.25) is 0 Å². The highest BCUT2D eigenvalue weighted by Crippen LogP contribution is 2.54. The lowest BCUT2D eigenvalue weighted by molar-refractivity contribution is -0.146. The monoisotopic (exact) mass is 463 g/mol. The molecular formula is C27H26FNO5. The summed E-state index contributed by atoms with van der Waals surface area (Å²) in [6.07, 6.45) is 5.02. The Morgan fingerprint density at radius 1 is 1.15 bits per heavy atom. The van der Waals surface area contributed by atoms with Crippen LogP contribution in [0.25, 0.3) is 16.7 Å². The minimum Gasteiger partial charge on any atom is -0.496 e. The zero-order valence-electron chi connectivity index (χ0n) is 19.3. The lowest BCUT2D eigenvalue weighted by Gasteiger charge is -2.31. The van der Waals surface area contributed by atoms with Crippen LogP contribution in [-0.4, -0.2) is 37.6 Å². The molecule has 2 heterocycles. The first kappa shape index (κ1) is 22.3. The summed E-state index contributed by atoms with van der Waals surface area (Å²) in [6, 6.07) is 12.2. The third kappa shape index (κ3) is 3.70. The second-order valence-corrected chi connectivity index (χ2v) is 8.84. The van der Waals surface area contributed by atoms with E-state index < -0.39 is 5.60 Å². The summed E-state index contributed by atoms with van der Waals surface area (Å²) in [5.74, 6) is -0.532. The highest BCUT2D eigenvalue weighted by atomic mass is 19.1. The van der Waals surface area contributed by atoms with Gasteiger partial charge in [-0.1, -0.05) is 23.4 Å². The molecule has 1 saturated carbocycles. The molecule has 7 heteroatoms. The summed E-state index contributed by atoms with van der Waals surface area (Å²) in [7, 11) is 3.04. The molecule has 1 aliphatic heterocycles. The van der Waals surface area contributed by atoms with Crippen molar-refractivity contribution in [1.29, 1.82) is 0 Å². The fourth-order valence-corrected chi connectivity index (χ4v) is 5.40. The van der Waals surface area contributed by atoms with Crippen molar-refractivity contribution in [3.05, 3.63) is 77.4 Å². The van der Waals surface area contributed by atoms with Gasteiger partial charge in [0.2, 0.25) is 0 Å². The number of esters is 1. The van der Waals surface area contributed by atoms with Crippen molar-refractivity contribution >= 4 is 11.5 Å². The van der Waals surface area contributed by atoms with Crippen LogP contribution in [0.1, 0.15) is 35.6 Å². The summed E-state index contributed by atoms with van der Waals surface area (Å²) in [5.41, 5.74) is 4.73. The Bertz CT molecular complexity index is 1250. The topological polar surface area (TPSA) is 70.8 Å². The standard InChI is InChI=1S/C27H26FNO5/c1-16-23(15-34-29-16)18-6-9-24(31-2)22(12-18)19-13-27(33-14-19)11-10-21(26(30)32-3)25(27)17-4-7-20(28)8-5-17/h4-9,12-13,15,21,25H,10-11,14H2,1-3H3/t21-,25+,27+/m0/s1. The van der Waals surface area contributed by atoms with Crippen LogP contribution in [0.15, 0.2) is 59.3 Å². The number of aryl methyl sites for hydroxylation is 1. The average molecular weight is 464 g/mol. The Morgan fingerprint density at radius 3 is 2.62 bits per heavy atom. The van der Waals surface area contributed by atoms with Gasteiger partial charge in [0.1, 0.15) is 17.8 Å². The summed E-state index contributed by atoms with van der Waals surface area (Å²) >= 11 is 0. The molecule has 34 heavy (non-hydrogen) atoms. The predicted molar refractivity (Wildman–Crippen MR) is 124 cm³/mol. The van der Waals surface area contributed by atoms with Crippen LogP contribution in [0.5, 0.6) is 5.75 Å². The number of hydrogen-bond donors (Lipinski definition) is 0. The maximum absolute atomic E-state index is 13.7. The van der Waals surface area contributed by atoms with Gasteiger partial charge in [0.15, 0.2) is 0 Å². The molecule has 1 aromatic heterocycles. The molecule has 0 N–H and O–H groups in total. The molecule has 1 aliphatic carbocycles. The Balaban J connectivity index is 1.58. The number of nitrogens with zero attached hydrogens (tertiary/aromatic N) is 1. The van der Waals surface area contributed by atoms with E-state index in [1.165, 1.54) is 19.2 Å². The Kier molecular flexibility index (Phi) is 5.73. The SMILES string of the molecule is COC(=O)[C@H]1CC[C@@]2(C=C(c3cc(-c4conc4C)ccc3OC)CO2)[C@@H]1c1ccc(F)cc1. The smallest absolute Gasteiger partial charge is 0.309 e. The molecule has 3 atom stereocenters. The van der Waals surface area contributed by atoms with E-state index >= 15 is 0 Å². The van der Waals surface area contributed by atoms with Gasteiger partial charge in [0.25, 0.3) is 0 Å². The highest BCUT2D eigenvalue weighted by Gasteiger charge is 2.54. The molecule has 6 nitrogen and oxygen atoms in total. The van der Waals surface area contributed by atoms with E-state index in [0.717, 1.165) is 39.3 Å². The van der Waals surface area contributed by atoms with E-state index in [9.17, 15) is 9.18 Å². The van der Waals surface area contributed by atoms with Crippen molar-refractivity contribution in [3.8, 4) is 16.9 Å². The van der Waals surface area contributed by atoms with Crippen molar-refractivity contribution in [3.63, 3.8) is 0 Å². The first-order valence-electron chi connectivity index (χ1n) is 11.2. The van der Waals surface area contributed by atoms with Crippen molar-refractivity contribution in [2.45, 2.75) is 31.3 Å². The molecule has 0 bridgehead atoms. The van der Waals surface area contributed by atoms with Crippen LogP contribution >= 0.6 is 0 Å². The van der Waals surface area contributed by atoms with E-state index in [1.54, 1.807) is 25.5 Å². The second kappa shape index (κ2) is 8.72. The fourth-order valence-electron chi connectivity index (χ4n) is 5.40. The number of carbonyl (C=O) groups excluding carboxylic acids is 1. The molecule has 2 aliphatic rings. The molecule has 0 unspecified atom stereocenters. The first-order valence-corrected chi connectivity index (χ1v) is 11.2. The van der Waals surface area contributed by atoms with E-state index in [1.807, 2.05) is 25.1 Å². The van der Waals surface area contributed by atoms with Crippen LogP contribution in [0.3, 0.4) is 0 Å². The summed E-state index contributed by atoms with van der Waals surface area (Å²) in [5, 5.41) is 3.99. The zero-order valence-corrected chi connectivity index (χ0v) is 19.3. The molecule has 1 fully saturated rings. The predicted octanol–water partition coefficient (Wildman–Crippen LogP) is 5.32. The third-order valence-electron chi connectivity index (χ3n) is 7.03.